The lowest BCUT2D eigenvalue weighted by Crippen LogP contribution is -2.45. The second-order valence-corrected chi connectivity index (χ2v) is 7.86. The van der Waals surface area contributed by atoms with Gasteiger partial charge in [-0.1, -0.05) is 46.3 Å². The molecule has 2 aromatic carbocycles. The maximum atomic E-state index is 13.3. The number of aliphatic hydroxyl groups excluding tert-OH is 1. The average Bonchev–Trinajstić information content (AvgIpc) is 2.77. The van der Waals surface area contributed by atoms with E-state index in [4.69, 9.17) is 0 Å². The molecule has 0 unspecified atom stereocenters. The molecule has 1 heterocycles. The molecule has 0 aromatic heterocycles. The lowest BCUT2D eigenvalue weighted by Gasteiger charge is -2.33. The van der Waals surface area contributed by atoms with Crippen LogP contribution in [0, 0.1) is 0 Å². The van der Waals surface area contributed by atoms with Gasteiger partial charge in [-0.2, -0.15) is 0 Å². The summed E-state index contributed by atoms with van der Waals surface area (Å²) in [5.74, 6) is 0.00426. The molecule has 0 saturated carbocycles. The van der Waals surface area contributed by atoms with Crippen LogP contribution in [0.1, 0.15) is 31.0 Å². The highest BCUT2D eigenvalue weighted by Gasteiger charge is 2.48. The number of amides is 1. The van der Waals surface area contributed by atoms with Gasteiger partial charge in [0.2, 0.25) is 5.91 Å². The number of carbonyl (C=O) groups excluding carboxylic acids is 1. The van der Waals surface area contributed by atoms with E-state index in [9.17, 15) is 9.90 Å². The fourth-order valence-corrected chi connectivity index (χ4v) is 3.90. The summed E-state index contributed by atoms with van der Waals surface area (Å²) in [6.45, 7) is 4.27. The predicted octanol–water partition coefficient (Wildman–Crippen LogP) is 3.39. The molecule has 1 aliphatic heterocycles. The Morgan fingerprint density at radius 3 is 2.52 bits per heavy atom. The van der Waals surface area contributed by atoms with Gasteiger partial charge < -0.3 is 15.3 Å². The van der Waals surface area contributed by atoms with Crippen molar-refractivity contribution >= 4 is 27.5 Å². The van der Waals surface area contributed by atoms with Gasteiger partial charge in [-0.25, -0.2) is 0 Å². The topological polar surface area (TPSA) is 52.6 Å². The number of benzene rings is 2. The average molecular weight is 403 g/mol. The molecular formula is C20H23BrN2O2. The van der Waals surface area contributed by atoms with Gasteiger partial charge >= 0.3 is 0 Å². The van der Waals surface area contributed by atoms with Gasteiger partial charge in [0.25, 0.3) is 0 Å². The maximum absolute atomic E-state index is 13.3. The van der Waals surface area contributed by atoms with E-state index in [0.29, 0.717) is 6.54 Å². The van der Waals surface area contributed by atoms with Crippen molar-refractivity contribution in [3.8, 4) is 0 Å². The first-order chi connectivity index (χ1) is 11.9. The summed E-state index contributed by atoms with van der Waals surface area (Å²) in [6.07, 6.45) is -0.721. The monoisotopic (exact) mass is 402 g/mol. The van der Waals surface area contributed by atoms with Crippen molar-refractivity contribution in [2.24, 2.45) is 0 Å². The van der Waals surface area contributed by atoms with E-state index in [-0.39, 0.29) is 5.91 Å². The Morgan fingerprint density at radius 1 is 1.20 bits per heavy atom. The predicted molar refractivity (Wildman–Crippen MR) is 104 cm³/mol. The summed E-state index contributed by atoms with van der Waals surface area (Å²) >= 11 is 3.50. The molecule has 0 bridgehead atoms. The van der Waals surface area contributed by atoms with Crippen LogP contribution in [0.5, 0.6) is 0 Å². The molecule has 0 radical (unpaired) electrons. The van der Waals surface area contributed by atoms with Crippen molar-refractivity contribution in [2.45, 2.75) is 31.4 Å². The molecule has 4 nitrogen and oxygen atoms in total. The van der Waals surface area contributed by atoms with Gasteiger partial charge in [0.1, 0.15) is 0 Å². The van der Waals surface area contributed by atoms with Gasteiger partial charge in [0.15, 0.2) is 0 Å². The first-order valence-electron chi connectivity index (χ1n) is 8.39. The minimum atomic E-state index is -0.721. The summed E-state index contributed by atoms with van der Waals surface area (Å²) in [6, 6.07) is 15.2. The number of nitrogens with zero attached hydrogens (tertiary/aromatic N) is 1. The zero-order valence-electron chi connectivity index (χ0n) is 14.7. The Morgan fingerprint density at radius 2 is 1.88 bits per heavy atom. The molecule has 0 aliphatic carbocycles. The van der Waals surface area contributed by atoms with Crippen molar-refractivity contribution in [3.05, 3.63) is 64.1 Å². The van der Waals surface area contributed by atoms with Crippen LogP contribution in [0.4, 0.5) is 5.69 Å². The van der Waals surface area contributed by atoms with Crippen molar-refractivity contribution in [1.82, 2.24) is 5.32 Å². The maximum Gasteiger partial charge on any atom is 0.237 e. The number of fused-ring (bicyclic) bond motifs is 1. The zero-order valence-corrected chi connectivity index (χ0v) is 16.2. The van der Waals surface area contributed by atoms with Gasteiger partial charge in [-0.3, -0.25) is 4.79 Å². The number of hydrogen-bond acceptors (Lipinski definition) is 3. The lowest BCUT2D eigenvalue weighted by atomic mass is 9.86. The number of halogens is 1. The molecule has 1 amide bonds. The third kappa shape index (κ3) is 3.12. The highest BCUT2D eigenvalue weighted by molar-refractivity contribution is 9.10. The van der Waals surface area contributed by atoms with E-state index in [1.807, 2.05) is 62.4 Å². The Balaban J connectivity index is 2.15. The number of nitrogens with one attached hydrogen (secondary N) is 1. The van der Waals surface area contributed by atoms with Crippen molar-refractivity contribution in [3.63, 3.8) is 0 Å². The van der Waals surface area contributed by atoms with E-state index < -0.39 is 17.6 Å². The molecule has 3 rings (SSSR count). The van der Waals surface area contributed by atoms with E-state index in [0.717, 1.165) is 21.3 Å². The van der Waals surface area contributed by atoms with E-state index >= 15 is 0 Å². The smallest absolute Gasteiger partial charge is 0.237 e. The molecule has 0 saturated heterocycles. The second kappa shape index (κ2) is 6.90. The Bertz CT molecular complexity index is 777. The quantitative estimate of drug-likeness (QED) is 0.805. The first-order valence-corrected chi connectivity index (χ1v) is 9.18. The lowest BCUT2D eigenvalue weighted by molar-refractivity contribution is -0.123. The van der Waals surface area contributed by atoms with Gasteiger partial charge in [-0.15, -0.1) is 0 Å². The number of aliphatic hydroxyl groups is 1. The number of likely N-dealkylation sites (N-methyl/N-ethyl adjacent to an activating group) is 1. The van der Waals surface area contributed by atoms with Crippen LogP contribution in [0.2, 0.25) is 0 Å². The minimum absolute atomic E-state index is 0.00426. The van der Waals surface area contributed by atoms with Crippen molar-refractivity contribution in [1.29, 1.82) is 0 Å². The van der Waals surface area contributed by atoms with Crippen LogP contribution < -0.4 is 10.2 Å². The highest BCUT2D eigenvalue weighted by atomic mass is 79.9. The van der Waals surface area contributed by atoms with Crippen LogP contribution in [0.15, 0.2) is 53.0 Å². The molecule has 2 N–H and O–H groups in total. The Labute approximate surface area is 157 Å². The molecule has 5 heteroatoms. The van der Waals surface area contributed by atoms with Crippen LogP contribution in [-0.2, 0) is 10.2 Å². The van der Waals surface area contributed by atoms with Crippen LogP contribution in [0.3, 0.4) is 0 Å². The number of hydrogen-bond donors (Lipinski definition) is 2. The van der Waals surface area contributed by atoms with E-state index in [1.54, 1.807) is 11.9 Å². The summed E-state index contributed by atoms with van der Waals surface area (Å²) in [7, 11) is 1.80. The van der Waals surface area contributed by atoms with Crippen molar-refractivity contribution in [2.75, 3.05) is 18.5 Å². The summed E-state index contributed by atoms with van der Waals surface area (Å²) < 4.78 is 0.945. The zero-order chi connectivity index (χ0) is 18.2. The van der Waals surface area contributed by atoms with Crippen LogP contribution in [0.25, 0.3) is 0 Å². The summed E-state index contributed by atoms with van der Waals surface area (Å²) in [5, 5.41) is 13.8. The van der Waals surface area contributed by atoms with Gasteiger partial charge in [0, 0.05) is 16.7 Å². The number of anilines is 1. The van der Waals surface area contributed by atoms with Gasteiger partial charge in [-0.05, 0) is 50.2 Å². The normalized spacial score (nSPS) is 18.1. The second-order valence-electron chi connectivity index (χ2n) is 6.94. The SMILES string of the molecule is CNC[C@H](O)[C@H](c1ccccc1)N1C(=O)C(C)(C)c2cc(Br)ccc21. The minimum Gasteiger partial charge on any atom is -0.389 e. The molecule has 132 valence electrons. The molecule has 2 atom stereocenters. The van der Waals surface area contributed by atoms with E-state index in [1.165, 1.54) is 0 Å². The highest BCUT2D eigenvalue weighted by Crippen LogP contribution is 2.47. The number of rotatable bonds is 5. The Kier molecular flexibility index (Phi) is 5.00. The fourth-order valence-electron chi connectivity index (χ4n) is 3.54. The third-order valence-corrected chi connectivity index (χ3v) is 5.34. The molecule has 2 aromatic rings. The first kappa shape index (κ1) is 18.1. The summed E-state index contributed by atoms with van der Waals surface area (Å²) in [5.41, 5.74) is 2.13. The molecule has 0 fully saturated rings. The van der Waals surface area contributed by atoms with Crippen LogP contribution in [-0.4, -0.2) is 30.7 Å². The molecule has 1 aliphatic rings. The number of carbonyl (C=O) groups is 1. The fraction of sp³-hybridized carbons (Fsp3) is 0.350. The van der Waals surface area contributed by atoms with Gasteiger partial charge in [0.05, 0.1) is 17.6 Å². The van der Waals surface area contributed by atoms with Crippen LogP contribution >= 0.6 is 15.9 Å². The molecular weight excluding hydrogens is 380 g/mol. The largest absolute Gasteiger partial charge is 0.389 e. The summed E-state index contributed by atoms with van der Waals surface area (Å²) in [4.78, 5) is 15.1. The molecule has 0 spiro atoms. The van der Waals surface area contributed by atoms with Crippen molar-refractivity contribution < 1.29 is 9.90 Å². The third-order valence-electron chi connectivity index (χ3n) is 4.84. The standard InChI is InChI=1S/C20H23BrN2O2/c1-20(2)15-11-14(21)9-10-16(15)23(19(20)25)18(17(24)12-22-3)13-7-5-4-6-8-13/h4-11,17-18,22,24H,12H2,1-3H3/t17-,18-/m0/s1. The van der Waals surface area contributed by atoms with E-state index in [2.05, 4.69) is 21.2 Å². The molecule has 25 heavy (non-hydrogen) atoms. The Hall–Kier alpha value is -1.69.